The van der Waals surface area contributed by atoms with Gasteiger partial charge in [0, 0.05) is 23.4 Å². The molecule has 0 fully saturated rings. The lowest BCUT2D eigenvalue weighted by molar-refractivity contribution is 0.282. The summed E-state index contributed by atoms with van der Waals surface area (Å²) in [5.74, 6) is 0.737. The van der Waals surface area contributed by atoms with Crippen LogP contribution in [0.15, 0.2) is 24.3 Å². The predicted octanol–water partition coefficient (Wildman–Crippen LogP) is 2.86. The number of aliphatic hydroxyl groups excluding tert-OH is 1. The van der Waals surface area contributed by atoms with Crippen LogP contribution < -0.4 is 5.32 Å². The van der Waals surface area contributed by atoms with Gasteiger partial charge in [0.25, 0.3) is 0 Å². The van der Waals surface area contributed by atoms with Gasteiger partial charge in [0.2, 0.25) is 0 Å². The van der Waals surface area contributed by atoms with Crippen molar-refractivity contribution in [2.45, 2.75) is 25.8 Å². The van der Waals surface area contributed by atoms with E-state index in [0.29, 0.717) is 5.15 Å². The quantitative estimate of drug-likeness (QED) is 0.873. The van der Waals surface area contributed by atoms with E-state index in [0.717, 1.165) is 29.4 Å². The third-order valence-electron chi connectivity index (χ3n) is 2.82. The lowest BCUT2D eigenvalue weighted by Gasteiger charge is -2.15. The topological polar surface area (TPSA) is 58.0 Å². The van der Waals surface area contributed by atoms with E-state index in [-0.39, 0.29) is 12.6 Å². The molecule has 0 spiro atoms. The van der Waals surface area contributed by atoms with Crippen molar-refractivity contribution in [1.29, 1.82) is 0 Å². The van der Waals surface area contributed by atoms with Crippen molar-refractivity contribution in [3.8, 4) is 0 Å². The first-order valence-corrected chi connectivity index (χ1v) is 6.38. The van der Waals surface area contributed by atoms with Crippen LogP contribution in [0.25, 0.3) is 10.8 Å². The zero-order valence-corrected chi connectivity index (χ0v) is 11.0. The fraction of sp³-hybridized carbons (Fsp3) is 0.385. The predicted molar refractivity (Wildman–Crippen MR) is 74.0 cm³/mol. The third kappa shape index (κ3) is 2.89. The number of halogens is 1. The minimum atomic E-state index is 0.207. The van der Waals surface area contributed by atoms with E-state index in [2.05, 4.69) is 22.4 Å². The molecule has 0 saturated heterocycles. The van der Waals surface area contributed by atoms with Gasteiger partial charge in [-0.3, -0.25) is 0 Å². The van der Waals surface area contributed by atoms with E-state index in [9.17, 15) is 0 Å². The zero-order chi connectivity index (χ0) is 13.0. The molecule has 1 heterocycles. The van der Waals surface area contributed by atoms with Gasteiger partial charge >= 0.3 is 0 Å². The van der Waals surface area contributed by atoms with Gasteiger partial charge in [-0.2, -0.15) is 0 Å². The second-order valence-corrected chi connectivity index (χ2v) is 4.65. The molecule has 0 radical (unpaired) electrons. The van der Waals surface area contributed by atoms with Gasteiger partial charge in [-0.25, -0.2) is 0 Å². The maximum Gasteiger partial charge on any atom is 0.159 e. The van der Waals surface area contributed by atoms with Crippen LogP contribution in [0.1, 0.15) is 19.8 Å². The number of fused-ring (bicyclic) bond motifs is 1. The number of benzene rings is 1. The van der Waals surface area contributed by atoms with Crippen molar-refractivity contribution in [3.63, 3.8) is 0 Å². The number of aliphatic hydroxyl groups is 1. The fourth-order valence-corrected chi connectivity index (χ4v) is 2.08. The molecule has 4 nitrogen and oxygen atoms in total. The number of rotatable bonds is 5. The summed E-state index contributed by atoms with van der Waals surface area (Å²) in [6.07, 6.45) is 1.66. The van der Waals surface area contributed by atoms with Gasteiger partial charge in [-0.05, 0) is 19.8 Å². The molecule has 96 valence electrons. The Bertz CT molecular complexity index is 533. The van der Waals surface area contributed by atoms with Crippen molar-refractivity contribution in [2.75, 3.05) is 11.9 Å². The first-order valence-electron chi connectivity index (χ1n) is 6.00. The summed E-state index contributed by atoms with van der Waals surface area (Å²) in [5.41, 5.74) is 0. The molecule has 18 heavy (non-hydrogen) atoms. The highest BCUT2D eigenvalue weighted by Crippen LogP contribution is 2.26. The van der Waals surface area contributed by atoms with Gasteiger partial charge in [-0.1, -0.05) is 35.9 Å². The summed E-state index contributed by atoms with van der Waals surface area (Å²) in [6.45, 7) is 2.26. The normalized spacial score (nSPS) is 12.6. The Hall–Kier alpha value is -1.39. The minimum absolute atomic E-state index is 0.207. The highest BCUT2D eigenvalue weighted by molar-refractivity contribution is 6.34. The number of hydrogen-bond acceptors (Lipinski definition) is 4. The number of aromatic nitrogens is 2. The smallest absolute Gasteiger partial charge is 0.159 e. The van der Waals surface area contributed by atoms with E-state index in [1.165, 1.54) is 0 Å². The van der Waals surface area contributed by atoms with Gasteiger partial charge in [0.1, 0.15) is 0 Å². The lowest BCUT2D eigenvalue weighted by Crippen LogP contribution is -2.17. The summed E-state index contributed by atoms with van der Waals surface area (Å²) in [6, 6.07) is 8.00. The number of hydrogen-bond donors (Lipinski definition) is 2. The average Bonchev–Trinajstić information content (AvgIpc) is 2.40. The minimum Gasteiger partial charge on any atom is -0.396 e. The Morgan fingerprint density at radius 3 is 2.72 bits per heavy atom. The first-order chi connectivity index (χ1) is 8.72. The summed E-state index contributed by atoms with van der Waals surface area (Å²) in [7, 11) is 0. The maximum absolute atomic E-state index is 8.82. The average molecular weight is 266 g/mol. The molecule has 1 atom stereocenters. The van der Waals surface area contributed by atoms with Crippen LogP contribution in [-0.2, 0) is 0 Å². The number of nitrogens with one attached hydrogen (secondary N) is 1. The third-order valence-corrected chi connectivity index (χ3v) is 3.10. The van der Waals surface area contributed by atoms with Crippen LogP contribution in [0.2, 0.25) is 5.15 Å². The first kappa shape index (κ1) is 13.1. The number of anilines is 1. The molecule has 0 aliphatic rings. The molecule has 1 aromatic carbocycles. The van der Waals surface area contributed by atoms with E-state index in [1.54, 1.807) is 0 Å². The van der Waals surface area contributed by atoms with E-state index in [1.807, 2.05) is 24.3 Å². The second-order valence-electron chi connectivity index (χ2n) is 4.30. The Kier molecular flexibility index (Phi) is 4.33. The molecule has 1 unspecified atom stereocenters. The van der Waals surface area contributed by atoms with Crippen LogP contribution >= 0.6 is 11.6 Å². The van der Waals surface area contributed by atoms with Crippen molar-refractivity contribution in [3.05, 3.63) is 29.4 Å². The van der Waals surface area contributed by atoms with Crippen LogP contribution in [0.3, 0.4) is 0 Å². The van der Waals surface area contributed by atoms with Gasteiger partial charge in [0.15, 0.2) is 11.0 Å². The molecule has 0 saturated carbocycles. The number of nitrogens with zero attached hydrogens (tertiary/aromatic N) is 2. The monoisotopic (exact) mass is 265 g/mol. The van der Waals surface area contributed by atoms with Gasteiger partial charge in [-0.15, -0.1) is 10.2 Å². The molecular weight excluding hydrogens is 250 g/mol. The summed E-state index contributed by atoms with van der Waals surface area (Å²) >= 11 is 6.01. The Morgan fingerprint density at radius 2 is 2.00 bits per heavy atom. The molecule has 0 amide bonds. The molecule has 2 aromatic rings. The molecule has 1 aromatic heterocycles. The zero-order valence-electron chi connectivity index (χ0n) is 10.2. The van der Waals surface area contributed by atoms with Gasteiger partial charge in [0.05, 0.1) is 0 Å². The molecule has 0 bridgehead atoms. The Morgan fingerprint density at radius 1 is 1.28 bits per heavy atom. The molecule has 2 rings (SSSR count). The second kappa shape index (κ2) is 5.98. The SMILES string of the molecule is CC(CCCO)Nc1nnc(Cl)c2ccccc12. The van der Waals surface area contributed by atoms with Crippen molar-refractivity contribution in [1.82, 2.24) is 10.2 Å². The highest BCUT2D eigenvalue weighted by atomic mass is 35.5. The summed E-state index contributed by atoms with van der Waals surface area (Å²) in [4.78, 5) is 0. The largest absolute Gasteiger partial charge is 0.396 e. The standard InChI is InChI=1S/C13H16ClN3O/c1-9(5-4-8-18)15-13-11-7-3-2-6-10(11)12(14)16-17-13/h2-3,6-7,9,18H,4-5,8H2,1H3,(H,15,17). The van der Waals surface area contributed by atoms with Crippen LogP contribution in [0.4, 0.5) is 5.82 Å². The summed E-state index contributed by atoms with van der Waals surface area (Å²) in [5, 5.41) is 22.4. The molecule has 5 heteroatoms. The van der Waals surface area contributed by atoms with Gasteiger partial charge < -0.3 is 10.4 Å². The maximum atomic E-state index is 8.82. The Labute approximate surface area is 111 Å². The molecule has 2 N–H and O–H groups in total. The van der Waals surface area contributed by atoms with E-state index >= 15 is 0 Å². The Balaban J connectivity index is 2.26. The van der Waals surface area contributed by atoms with E-state index in [4.69, 9.17) is 16.7 Å². The molecule has 0 aliphatic carbocycles. The van der Waals surface area contributed by atoms with Crippen LogP contribution in [0, 0.1) is 0 Å². The molecular formula is C13H16ClN3O. The van der Waals surface area contributed by atoms with Crippen LogP contribution in [0.5, 0.6) is 0 Å². The van der Waals surface area contributed by atoms with Crippen molar-refractivity contribution in [2.24, 2.45) is 0 Å². The van der Waals surface area contributed by atoms with Crippen LogP contribution in [-0.4, -0.2) is 28.0 Å². The highest BCUT2D eigenvalue weighted by Gasteiger charge is 2.09. The van der Waals surface area contributed by atoms with Crippen molar-refractivity contribution >= 4 is 28.2 Å². The molecule has 0 aliphatic heterocycles. The fourth-order valence-electron chi connectivity index (χ4n) is 1.88. The lowest BCUT2D eigenvalue weighted by atomic mass is 10.1. The van der Waals surface area contributed by atoms with E-state index < -0.39 is 0 Å². The summed E-state index contributed by atoms with van der Waals surface area (Å²) < 4.78 is 0. The van der Waals surface area contributed by atoms with Crippen molar-refractivity contribution < 1.29 is 5.11 Å².